The van der Waals surface area contributed by atoms with E-state index in [-0.39, 0.29) is 5.56 Å². The largest absolute Gasteiger partial charge is 0.497 e. The number of nitrogens with zero attached hydrogens (tertiary/aromatic N) is 4. The van der Waals surface area contributed by atoms with Gasteiger partial charge in [-0.3, -0.25) is 9.69 Å². The third-order valence-corrected chi connectivity index (χ3v) is 7.88. The second-order valence-electron chi connectivity index (χ2n) is 12.4. The van der Waals surface area contributed by atoms with E-state index in [2.05, 4.69) is 4.90 Å². The zero-order valence-corrected chi connectivity index (χ0v) is 27.5. The van der Waals surface area contributed by atoms with E-state index in [4.69, 9.17) is 29.7 Å². The van der Waals surface area contributed by atoms with Crippen LogP contribution in [0, 0.1) is 6.92 Å². The van der Waals surface area contributed by atoms with E-state index in [1.807, 2.05) is 37.3 Å². The van der Waals surface area contributed by atoms with Gasteiger partial charge in [0.15, 0.2) is 0 Å². The van der Waals surface area contributed by atoms with Gasteiger partial charge in [-0.2, -0.15) is 0 Å². The molecule has 0 aliphatic carbocycles. The van der Waals surface area contributed by atoms with Crippen molar-refractivity contribution in [2.45, 2.75) is 46.3 Å². The number of morpholine rings is 1. The molecule has 2 N–H and O–H groups in total. The summed E-state index contributed by atoms with van der Waals surface area (Å²) in [4.78, 5) is 36.6. The molecule has 2 aromatic heterocycles. The zero-order valence-electron chi connectivity index (χ0n) is 27.5. The number of anilines is 3. The Kier molecular flexibility index (Phi) is 9.83. The number of aromatic nitrogens is 2. The molecule has 5 rings (SSSR count). The number of para-hydroxylation sites is 1. The van der Waals surface area contributed by atoms with Gasteiger partial charge in [-0.25, -0.2) is 14.7 Å². The normalized spacial score (nSPS) is 13.9. The topological polar surface area (TPSA) is 121 Å². The highest BCUT2D eigenvalue weighted by Gasteiger charge is 2.29. The van der Waals surface area contributed by atoms with Gasteiger partial charge in [-0.1, -0.05) is 12.1 Å². The van der Waals surface area contributed by atoms with E-state index in [1.165, 1.54) is 4.90 Å². The summed E-state index contributed by atoms with van der Waals surface area (Å²) in [6.45, 7) is 11.7. The second-order valence-corrected chi connectivity index (χ2v) is 12.4. The molecule has 1 fully saturated rings. The van der Waals surface area contributed by atoms with Crippen LogP contribution in [0.1, 0.15) is 32.8 Å². The first-order chi connectivity index (χ1) is 22.0. The lowest BCUT2D eigenvalue weighted by molar-refractivity contribution is 0.0369. The Balaban J connectivity index is 1.67. The van der Waals surface area contributed by atoms with Gasteiger partial charge in [-0.15, -0.1) is 0 Å². The number of amides is 1. The highest BCUT2D eigenvalue weighted by molar-refractivity contribution is 6.01. The Morgan fingerprint density at radius 3 is 2.35 bits per heavy atom. The zero-order chi connectivity index (χ0) is 33.0. The Morgan fingerprint density at radius 1 is 1.02 bits per heavy atom. The Bertz CT molecular complexity index is 1730. The van der Waals surface area contributed by atoms with Crippen LogP contribution in [0.2, 0.25) is 0 Å². The molecular formula is C35H43N5O6. The molecule has 11 heteroatoms. The Hall–Kier alpha value is -4.61. The fraction of sp³-hybridized carbons (Fsp3) is 0.400. The first-order valence-electron chi connectivity index (χ1n) is 15.4. The molecule has 0 bridgehead atoms. The van der Waals surface area contributed by atoms with E-state index in [1.54, 1.807) is 64.0 Å². The molecule has 1 aliphatic heterocycles. The maximum absolute atomic E-state index is 14.3. The smallest absolute Gasteiger partial charge is 0.420 e. The molecule has 46 heavy (non-hydrogen) atoms. The van der Waals surface area contributed by atoms with Crippen molar-refractivity contribution in [1.82, 2.24) is 14.5 Å². The van der Waals surface area contributed by atoms with Crippen LogP contribution in [0.5, 0.6) is 11.5 Å². The Labute approximate surface area is 269 Å². The quantitative estimate of drug-likeness (QED) is 0.230. The minimum absolute atomic E-state index is 0.179. The number of nitrogens with two attached hydrogens (primary N) is 1. The van der Waals surface area contributed by atoms with Crippen LogP contribution in [-0.2, 0) is 16.0 Å². The van der Waals surface area contributed by atoms with Gasteiger partial charge in [0, 0.05) is 55.5 Å². The number of rotatable bonds is 9. The van der Waals surface area contributed by atoms with Gasteiger partial charge in [0.25, 0.3) is 5.56 Å². The third-order valence-electron chi connectivity index (χ3n) is 7.88. The van der Waals surface area contributed by atoms with Gasteiger partial charge < -0.3 is 29.2 Å². The van der Waals surface area contributed by atoms with Crippen LogP contribution in [-0.4, -0.2) is 73.2 Å². The molecule has 0 unspecified atom stereocenters. The lowest BCUT2D eigenvalue weighted by Gasteiger charge is -2.29. The summed E-state index contributed by atoms with van der Waals surface area (Å²) < 4.78 is 24.1. The average Bonchev–Trinajstić information content (AvgIpc) is 3.03. The molecule has 0 spiro atoms. The van der Waals surface area contributed by atoms with Crippen molar-refractivity contribution >= 4 is 34.2 Å². The lowest BCUT2D eigenvalue weighted by atomic mass is 10.0. The lowest BCUT2D eigenvalue weighted by Crippen LogP contribution is -2.37. The highest BCUT2D eigenvalue weighted by Crippen LogP contribution is 2.36. The number of aryl methyl sites for hydroxylation is 2. The maximum atomic E-state index is 14.3. The van der Waals surface area contributed by atoms with Gasteiger partial charge in [0.2, 0.25) is 0 Å². The summed E-state index contributed by atoms with van der Waals surface area (Å²) in [6, 6.07) is 14.4. The molecule has 1 aliphatic rings. The number of carbonyl (C=O) groups is 1. The first kappa shape index (κ1) is 32.8. The van der Waals surface area contributed by atoms with Crippen molar-refractivity contribution < 1.29 is 23.7 Å². The third kappa shape index (κ3) is 7.27. The molecule has 1 saturated heterocycles. The van der Waals surface area contributed by atoms with E-state index in [0.717, 1.165) is 37.0 Å². The standard InChI is InChI=1S/C35H43N5O6/c1-23-9-7-10-29(36)32(23)40(34(42)46-35(2,3)4)31-21-30-25(22-37-31)19-28(24-17-26(43-5)20-27(18-24)44-6)33(41)39(30)12-8-11-38-13-15-45-16-14-38/h7,9-10,17-22H,8,11-16,36H2,1-6H3. The minimum atomic E-state index is -0.766. The van der Waals surface area contributed by atoms with Crippen LogP contribution in [0.3, 0.4) is 0 Å². The molecule has 0 radical (unpaired) electrons. The van der Waals surface area contributed by atoms with Gasteiger partial charge >= 0.3 is 6.09 Å². The fourth-order valence-electron chi connectivity index (χ4n) is 5.65. The molecular weight excluding hydrogens is 586 g/mol. The first-order valence-corrected chi connectivity index (χ1v) is 15.4. The monoisotopic (exact) mass is 629 g/mol. The van der Waals surface area contributed by atoms with Gasteiger partial charge in [-0.05, 0) is 69.5 Å². The predicted octanol–water partition coefficient (Wildman–Crippen LogP) is 5.77. The van der Waals surface area contributed by atoms with Gasteiger partial charge in [0.1, 0.15) is 22.9 Å². The number of pyridine rings is 2. The van der Waals surface area contributed by atoms with E-state index in [9.17, 15) is 9.59 Å². The van der Waals surface area contributed by atoms with Crippen LogP contribution >= 0.6 is 0 Å². The van der Waals surface area contributed by atoms with E-state index < -0.39 is 11.7 Å². The van der Waals surface area contributed by atoms with Crippen molar-refractivity contribution in [2.75, 3.05) is 57.7 Å². The number of ether oxygens (including phenoxy) is 4. The van der Waals surface area contributed by atoms with E-state index in [0.29, 0.717) is 65.1 Å². The summed E-state index contributed by atoms with van der Waals surface area (Å²) in [7, 11) is 3.15. The van der Waals surface area contributed by atoms with Crippen molar-refractivity contribution in [3.05, 3.63) is 70.6 Å². The molecule has 4 aromatic rings. The minimum Gasteiger partial charge on any atom is -0.497 e. The number of benzene rings is 2. The van der Waals surface area contributed by atoms with Crippen LogP contribution < -0.4 is 25.7 Å². The molecule has 11 nitrogen and oxygen atoms in total. The summed E-state index contributed by atoms with van der Waals surface area (Å²) >= 11 is 0. The van der Waals surface area contributed by atoms with E-state index >= 15 is 0 Å². The molecule has 1 amide bonds. The van der Waals surface area contributed by atoms with Crippen LogP contribution in [0.25, 0.3) is 22.0 Å². The average molecular weight is 630 g/mol. The number of hydrogen-bond donors (Lipinski definition) is 1. The molecule has 0 saturated carbocycles. The number of fused-ring (bicyclic) bond motifs is 1. The number of carbonyl (C=O) groups excluding carboxylic acids is 1. The number of hydrogen-bond acceptors (Lipinski definition) is 9. The summed E-state index contributed by atoms with van der Waals surface area (Å²) in [6.07, 6.45) is 1.79. The van der Waals surface area contributed by atoms with Gasteiger partial charge in [0.05, 0.1) is 44.3 Å². The molecule has 2 aromatic carbocycles. The van der Waals surface area contributed by atoms with Crippen molar-refractivity contribution in [3.8, 4) is 22.6 Å². The number of nitrogen functional groups attached to an aromatic ring is 1. The summed E-state index contributed by atoms with van der Waals surface area (Å²) in [5.74, 6) is 1.44. The molecule has 3 heterocycles. The maximum Gasteiger partial charge on any atom is 0.420 e. The van der Waals surface area contributed by atoms with Crippen LogP contribution in [0.4, 0.5) is 22.0 Å². The van der Waals surface area contributed by atoms with Crippen LogP contribution in [0.15, 0.2) is 59.5 Å². The number of methoxy groups -OCH3 is 2. The molecule has 0 atom stereocenters. The fourth-order valence-corrected chi connectivity index (χ4v) is 5.65. The highest BCUT2D eigenvalue weighted by atomic mass is 16.6. The second kappa shape index (κ2) is 13.8. The Morgan fingerprint density at radius 2 is 1.72 bits per heavy atom. The van der Waals surface area contributed by atoms with Crippen molar-refractivity contribution in [2.24, 2.45) is 0 Å². The van der Waals surface area contributed by atoms with Crippen molar-refractivity contribution in [1.29, 1.82) is 0 Å². The SMILES string of the molecule is COc1cc(OC)cc(-c2cc3cnc(N(C(=O)OC(C)(C)C)c4c(C)cccc4N)cc3n(CCCN3CCOCC3)c2=O)c1. The van der Waals surface area contributed by atoms with Crippen molar-refractivity contribution in [3.63, 3.8) is 0 Å². The summed E-state index contributed by atoms with van der Waals surface area (Å²) in [5.41, 5.74) is 8.92. The predicted molar refractivity (Wildman–Crippen MR) is 180 cm³/mol. The molecule has 244 valence electrons. The summed E-state index contributed by atoms with van der Waals surface area (Å²) in [5, 5.41) is 0.730.